The molecule has 0 bridgehead atoms. The minimum atomic E-state index is -1.10. The van der Waals surface area contributed by atoms with Crippen LogP contribution in [0.2, 0.25) is 0 Å². The van der Waals surface area contributed by atoms with E-state index in [9.17, 15) is 14.4 Å². The van der Waals surface area contributed by atoms with Crippen molar-refractivity contribution in [3.05, 3.63) is 35.4 Å². The van der Waals surface area contributed by atoms with Crippen LogP contribution in [0.4, 0.5) is 4.79 Å². The molecule has 3 rings (SSSR count). The first-order valence-electron chi connectivity index (χ1n) is 8.44. The van der Waals surface area contributed by atoms with Crippen molar-refractivity contribution >= 4 is 17.8 Å². The van der Waals surface area contributed by atoms with Crippen LogP contribution in [0.3, 0.4) is 0 Å². The van der Waals surface area contributed by atoms with Gasteiger partial charge in [-0.25, -0.2) is 4.79 Å². The quantitative estimate of drug-likeness (QED) is 0.533. The van der Waals surface area contributed by atoms with Crippen LogP contribution in [0.15, 0.2) is 24.3 Å². The lowest BCUT2D eigenvalue weighted by atomic mass is 9.91. The topological polar surface area (TPSA) is 103 Å². The second-order valence-electron chi connectivity index (χ2n) is 6.46. The molecule has 8 heteroatoms. The Morgan fingerprint density at radius 3 is 2.48 bits per heavy atom. The van der Waals surface area contributed by atoms with E-state index in [-0.39, 0.29) is 5.91 Å². The fourth-order valence-electron chi connectivity index (χ4n) is 3.07. The van der Waals surface area contributed by atoms with Gasteiger partial charge in [-0.1, -0.05) is 12.1 Å². The van der Waals surface area contributed by atoms with E-state index < -0.39 is 17.5 Å². The smallest absolute Gasteiger partial charge is 0.322 e. The lowest BCUT2D eigenvalue weighted by Gasteiger charge is -2.27. The lowest BCUT2D eigenvalue weighted by Crippen LogP contribution is -2.46. The van der Waals surface area contributed by atoms with Crippen molar-refractivity contribution < 1.29 is 14.4 Å². The number of imide groups is 1. The summed E-state index contributed by atoms with van der Waals surface area (Å²) in [5.74, 6) is -0.544. The second-order valence-corrected chi connectivity index (χ2v) is 6.46. The van der Waals surface area contributed by atoms with Crippen molar-refractivity contribution in [2.75, 3.05) is 39.3 Å². The van der Waals surface area contributed by atoms with Crippen LogP contribution in [-0.4, -0.2) is 62.0 Å². The predicted molar refractivity (Wildman–Crippen MR) is 92.1 cm³/mol. The number of hydrogen-bond acceptors (Lipinski definition) is 5. The minimum absolute atomic E-state index is 0.147. The van der Waals surface area contributed by atoms with Crippen LogP contribution in [-0.2, 0) is 10.3 Å². The predicted octanol–water partition coefficient (Wildman–Crippen LogP) is -0.624. The van der Waals surface area contributed by atoms with Gasteiger partial charge in [0.05, 0.1) is 0 Å². The molecule has 2 heterocycles. The number of piperazine rings is 1. The Hall–Kier alpha value is -2.45. The number of carbonyl (C=O) groups excluding carboxylic acids is 3. The summed E-state index contributed by atoms with van der Waals surface area (Å²) in [6, 6.07) is 6.20. The summed E-state index contributed by atoms with van der Waals surface area (Å²) >= 11 is 0. The fraction of sp³-hybridized carbons (Fsp3) is 0.471. The summed E-state index contributed by atoms with van der Waals surface area (Å²) in [5.41, 5.74) is 0.0552. The van der Waals surface area contributed by atoms with Gasteiger partial charge in [-0.15, -0.1) is 0 Å². The molecule has 2 aliphatic heterocycles. The van der Waals surface area contributed by atoms with Gasteiger partial charge < -0.3 is 16.0 Å². The molecule has 0 aromatic heterocycles. The average molecular weight is 345 g/mol. The highest BCUT2D eigenvalue weighted by Crippen LogP contribution is 2.24. The molecular weight excluding hydrogens is 322 g/mol. The Balaban J connectivity index is 1.55. The van der Waals surface area contributed by atoms with Crippen molar-refractivity contribution in [3.63, 3.8) is 0 Å². The zero-order valence-electron chi connectivity index (χ0n) is 14.2. The summed E-state index contributed by atoms with van der Waals surface area (Å²) in [6.45, 7) is 7.02. The first-order valence-corrected chi connectivity index (χ1v) is 8.44. The highest BCUT2D eigenvalue weighted by molar-refractivity contribution is 6.07. The van der Waals surface area contributed by atoms with E-state index in [4.69, 9.17) is 0 Å². The molecular formula is C17H23N5O3. The summed E-state index contributed by atoms with van der Waals surface area (Å²) < 4.78 is 0. The molecule has 2 saturated heterocycles. The maximum absolute atomic E-state index is 12.2. The molecule has 1 aromatic rings. The van der Waals surface area contributed by atoms with Gasteiger partial charge in [-0.3, -0.25) is 19.8 Å². The molecule has 1 atom stereocenters. The van der Waals surface area contributed by atoms with E-state index in [1.54, 1.807) is 31.2 Å². The van der Waals surface area contributed by atoms with Crippen LogP contribution in [0.25, 0.3) is 0 Å². The van der Waals surface area contributed by atoms with Gasteiger partial charge in [-0.05, 0) is 24.6 Å². The Morgan fingerprint density at radius 2 is 1.88 bits per heavy atom. The first-order chi connectivity index (χ1) is 12.0. The minimum Gasteiger partial charge on any atom is -0.351 e. The molecule has 0 spiro atoms. The van der Waals surface area contributed by atoms with E-state index in [1.807, 2.05) is 0 Å². The Labute approximate surface area is 146 Å². The van der Waals surface area contributed by atoms with Crippen molar-refractivity contribution in [2.45, 2.75) is 12.5 Å². The number of nitrogens with one attached hydrogen (secondary N) is 4. The van der Waals surface area contributed by atoms with Crippen LogP contribution in [0.5, 0.6) is 0 Å². The van der Waals surface area contributed by atoms with Gasteiger partial charge in [0.25, 0.3) is 11.8 Å². The molecule has 134 valence electrons. The largest absolute Gasteiger partial charge is 0.351 e. The molecule has 4 amide bonds. The molecule has 2 fully saturated rings. The molecule has 4 N–H and O–H groups in total. The summed E-state index contributed by atoms with van der Waals surface area (Å²) in [6.07, 6.45) is 0. The van der Waals surface area contributed by atoms with Crippen molar-refractivity contribution in [1.82, 2.24) is 26.2 Å². The van der Waals surface area contributed by atoms with Crippen LogP contribution in [0.1, 0.15) is 22.8 Å². The number of carbonyl (C=O) groups is 3. The monoisotopic (exact) mass is 345 g/mol. The molecule has 0 radical (unpaired) electrons. The van der Waals surface area contributed by atoms with E-state index in [2.05, 4.69) is 26.2 Å². The Morgan fingerprint density at radius 1 is 1.20 bits per heavy atom. The SMILES string of the molecule is CC1(c2ccc(C(=O)NCCN3CCNCC3)cc2)NC(=O)NC1=O. The van der Waals surface area contributed by atoms with Crippen LogP contribution < -0.4 is 21.3 Å². The number of urea groups is 1. The number of rotatable bonds is 5. The van der Waals surface area contributed by atoms with E-state index in [1.165, 1.54) is 0 Å². The van der Waals surface area contributed by atoms with Crippen LogP contribution >= 0.6 is 0 Å². The highest BCUT2D eigenvalue weighted by Gasteiger charge is 2.43. The molecule has 8 nitrogen and oxygen atoms in total. The summed E-state index contributed by atoms with van der Waals surface area (Å²) in [7, 11) is 0. The number of hydrogen-bond donors (Lipinski definition) is 4. The van der Waals surface area contributed by atoms with E-state index in [0.717, 1.165) is 32.7 Å². The molecule has 0 saturated carbocycles. The number of benzene rings is 1. The maximum Gasteiger partial charge on any atom is 0.322 e. The average Bonchev–Trinajstić information content (AvgIpc) is 2.89. The van der Waals surface area contributed by atoms with Crippen molar-refractivity contribution in [1.29, 1.82) is 0 Å². The fourth-order valence-corrected chi connectivity index (χ4v) is 3.07. The third kappa shape index (κ3) is 3.80. The Kier molecular flexibility index (Phi) is 5.00. The van der Waals surface area contributed by atoms with Gasteiger partial charge in [0, 0.05) is 44.8 Å². The maximum atomic E-state index is 12.2. The van der Waals surface area contributed by atoms with Gasteiger partial charge in [0.1, 0.15) is 5.54 Å². The highest BCUT2D eigenvalue weighted by atomic mass is 16.2. The van der Waals surface area contributed by atoms with Gasteiger partial charge in [0.2, 0.25) is 0 Å². The normalized spacial score (nSPS) is 23.9. The third-order valence-electron chi connectivity index (χ3n) is 4.69. The number of nitrogens with zero attached hydrogens (tertiary/aromatic N) is 1. The molecule has 2 aliphatic rings. The Bertz CT molecular complexity index is 669. The van der Waals surface area contributed by atoms with Crippen LogP contribution in [0, 0.1) is 0 Å². The van der Waals surface area contributed by atoms with Crippen molar-refractivity contribution in [3.8, 4) is 0 Å². The standard InChI is InChI=1S/C17H23N5O3/c1-17(15(24)20-16(25)21-17)13-4-2-12(3-5-13)14(23)19-8-11-22-9-6-18-7-10-22/h2-5,18H,6-11H2,1H3,(H,19,23)(H2,20,21,24,25). The lowest BCUT2D eigenvalue weighted by molar-refractivity contribution is -0.123. The van der Waals surface area contributed by atoms with Gasteiger partial charge in [-0.2, -0.15) is 0 Å². The zero-order chi connectivity index (χ0) is 17.9. The summed E-state index contributed by atoms with van der Waals surface area (Å²) in [4.78, 5) is 37.8. The van der Waals surface area contributed by atoms with Gasteiger partial charge in [0.15, 0.2) is 0 Å². The number of amides is 4. The van der Waals surface area contributed by atoms with E-state index >= 15 is 0 Å². The molecule has 0 aliphatic carbocycles. The van der Waals surface area contributed by atoms with Gasteiger partial charge >= 0.3 is 6.03 Å². The third-order valence-corrected chi connectivity index (χ3v) is 4.69. The summed E-state index contributed by atoms with van der Waals surface area (Å²) in [5, 5.41) is 11.0. The molecule has 1 unspecified atom stereocenters. The second kappa shape index (κ2) is 7.20. The first kappa shape index (κ1) is 17.4. The molecule has 1 aromatic carbocycles. The van der Waals surface area contributed by atoms with Crippen molar-refractivity contribution in [2.24, 2.45) is 0 Å². The molecule has 25 heavy (non-hydrogen) atoms. The zero-order valence-corrected chi connectivity index (χ0v) is 14.2. The van der Waals surface area contributed by atoms with E-state index in [0.29, 0.717) is 17.7 Å².